The molecule has 0 saturated carbocycles. The van der Waals surface area contributed by atoms with Gasteiger partial charge in [0.25, 0.3) is 0 Å². The second-order valence-corrected chi connectivity index (χ2v) is 8.66. The fraction of sp³-hybridized carbons (Fsp3) is 0.762. The molecule has 0 saturated heterocycles. The number of carboxylic acid groups (broad SMARTS) is 1. The molecule has 0 aromatic carbocycles. The first-order valence-electron chi connectivity index (χ1n) is 11.5. The Bertz CT molecular complexity index is 697. The molecule has 0 spiro atoms. The van der Waals surface area contributed by atoms with Gasteiger partial charge in [0.05, 0.1) is 6.04 Å². The molecule has 0 fully saturated rings. The molecule has 0 radical (unpaired) electrons. The van der Waals surface area contributed by atoms with Crippen molar-refractivity contribution >= 4 is 29.7 Å². The fourth-order valence-electron chi connectivity index (χ4n) is 3.06. The van der Waals surface area contributed by atoms with E-state index in [9.17, 15) is 24.3 Å². The Kier molecular flexibility index (Phi) is 15.2. The van der Waals surface area contributed by atoms with Crippen LogP contribution < -0.4 is 38.9 Å². The molecule has 3 amide bonds. The van der Waals surface area contributed by atoms with E-state index in [4.69, 9.17) is 22.9 Å². The van der Waals surface area contributed by atoms with E-state index in [1.165, 1.54) is 6.92 Å². The van der Waals surface area contributed by atoms with E-state index in [2.05, 4.69) is 20.9 Å². The number of rotatable bonds is 17. The van der Waals surface area contributed by atoms with Crippen LogP contribution in [0.2, 0.25) is 0 Å². The van der Waals surface area contributed by atoms with Gasteiger partial charge in [-0.2, -0.15) is 0 Å². The Hall–Kier alpha value is -2.93. The molecular formula is C21H42N8O5. The van der Waals surface area contributed by atoms with Crippen molar-refractivity contribution in [2.24, 2.45) is 33.8 Å². The molecule has 13 nitrogen and oxygen atoms in total. The number of nitrogens with zero attached hydrogens (tertiary/aromatic N) is 1. The number of carboxylic acids is 1. The van der Waals surface area contributed by atoms with E-state index in [-0.39, 0.29) is 18.3 Å². The standard InChI is InChI=1S/C21H42N8O5/c1-12(2)11-16(20(33)34)29-17(30)13(3)27-19(32)15(8-4-5-9-22)28-18(31)14(23)7-6-10-26-21(24)25/h12-16H,4-11,22-23H2,1-3H3,(H,27,32)(H,28,31)(H,29,30)(H,33,34)(H4,24,25,26). The third-order valence-electron chi connectivity index (χ3n) is 4.96. The summed E-state index contributed by atoms with van der Waals surface area (Å²) in [7, 11) is 0. The lowest BCUT2D eigenvalue weighted by Crippen LogP contribution is -2.56. The second kappa shape index (κ2) is 16.6. The SMILES string of the molecule is CC(C)CC(NC(=O)C(C)NC(=O)C(CCCCN)NC(=O)C(N)CCCN=C(N)N)C(=O)O. The monoisotopic (exact) mass is 486 g/mol. The summed E-state index contributed by atoms with van der Waals surface area (Å²) in [6.07, 6.45) is 2.57. The van der Waals surface area contributed by atoms with Gasteiger partial charge in [-0.25, -0.2) is 4.79 Å². The highest BCUT2D eigenvalue weighted by Crippen LogP contribution is 2.06. The van der Waals surface area contributed by atoms with Crippen LogP contribution in [0.4, 0.5) is 0 Å². The summed E-state index contributed by atoms with van der Waals surface area (Å²) in [6.45, 7) is 5.87. The minimum atomic E-state index is -1.15. The number of nitrogens with one attached hydrogen (secondary N) is 3. The lowest BCUT2D eigenvalue weighted by molar-refractivity contribution is -0.142. The summed E-state index contributed by atoms with van der Waals surface area (Å²) in [4.78, 5) is 53.0. The lowest BCUT2D eigenvalue weighted by atomic mass is 10.0. The molecule has 4 atom stereocenters. The van der Waals surface area contributed by atoms with Crippen molar-refractivity contribution in [3.05, 3.63) is 0 Å². The predicted octanol–water partition coefficient (Wildman–Crippen LogP) is -1.90. The van der Waals surface area contributed by atoms with Crippen LogP contribution in [-0.4, -0.2) is 72.0 Å². The number of aliphatic carboxylic acids is 1. The molecule has 0 aromatic heterocycles. The van der Waals surface area contributed by atoms with Gasteiger partial charge in [0.15, 0.2) is 5.96 Å². The summed E-state index contributed by atoms with van der Waals surface area (Å²) in [6, 6.07) is -3.87. The van der Waals surface area contributed by atoms with E-state index in [1.54, 1.807) is 0 Å². The maximum absolute atomic E-state index is 12.8. The number of amides is 3. The van der Waals surface area contributed by atoms with Gasteiger partial charge in [-0.15, -0.1) is 0 Å². The highest BCUT2D eigenvalue weighted by molar-refractivity contribution is 5.93. The number of carbonyl (C=O) groups excluding carboxylic acids is 3. The smallest absolute Gasteiger partial charge is 0.326 e. The van der Waals surface area contributed by atoms with Crippen LogP contribution in [0.5, 0.6) is 0 Å². The molecule has 0 aromatic rings. The van der Waals surface area contributed by atoms with E-state index < -0.39 is 47.9 Å². The molecular weight excluding hydrogens is 444 g/mol. The van der Waals surface area contributed by atoms with Crippen LogP contribution in [0, 0.1) is 5.92 Å². The van der Waals surface area contributed by atoms with E-state index >= 15 is 0 Å². The topological polar surface area (TPSA) is 241 Å². The fourth-order valence-corrected chi connectivity index (χ4v) is 3.06. The number of unbranched alkanes of at least 4 members (excludes halogenated alkanes) is 1. The summed E-state index contributed by atoms with van der Waals surface area (Å²) in [5, 5.41) is 16.9. The van der Waals surface area contributed by atoms with Crippen molar-refractivity contribution in [3.8, 4) is 0 Å². The van der Waals surface area contributed by atoms with Crippen LogP contribution >= 0.6 is 0 Å². The summed E-state index contributed by atoms with van der Waals surface area (Å²) in [5.41, 5.74) is 21.9. The molecule has 0 rings (SSSR count). The largest absolute Gasteiger partial charge is 0.480 e. The van der Waals surface area contributed by atoms with Gasteiger partial charge in [-0.05, 0) is 57.9 Å². The minimum Gasteiger partial charge on any atom is -0.480 e. The van der Waals surface area contributed by atoms with Crippen molar-refractivity contribution in [3.63, 3.8) is 0 Å². The van der Waals surface area contributed by atoms with Gasteiger partial charge in [0, 0.05) is 6.54 Å². The average molecular weight is 487 g/mol. The minimum absolute atomic E-state index is 0.0494. The third-order valence-corrected chi connectivity index (χ3v) is 4.96. The van der Waals surface area contributed by atoms with Gasteiger partial charge in [-0.3, -0.25) is 19.4 Å². The van der Waals surface area contributed by atoms with Crippen molar-refractivity contribution < 1.29 is 24.3 Å². The molecule has 0 aliphatic heterocycles. The summed E-state index contributed by atoms with van der Waals surface area (Å²) < 4.78 is 0. The maximum Gasteiger partial charge on any atom is 0.326 e. The highest BCUT2D eigenvalue weighted by atomic mass is 16.4. The first-order chi connectivity index (χ1) is 15.9. The molecule has 0 aliphatic carbocycles. The number of nitrogens with two attached hydrogens (primary N) is 4. The number of guanidine groups is 1. The quantitative estimate of drug-likeness (QED) is 0.0649. The zero-order valence-corrected chi connectivity index (χ0v) is 20.4. The Morgan fingerprint density at radius 3 is 2.00 bits per heavy atom. The Morgan fingerprint density at radius 1 is 0.853 bits per heavy atom. The van der Waals surface area contributed by atoms with Crippen molar-refractivity contribution in [2.75, 3.05) is 13.1 Å². The number of aliphatic imine (C=N–C) groups is 1. The molecule has 0 aliphatic rings. The zero-order valence-electron chi connectivity index (χ0n) is 20.4. The third kappa shape index (κ3) is 13.6. The Morgan fingerprint density at radius 2 is 1.47 bits per heavy atom. The Labute approximate surface area is 200 Å². The lowest BCUT2D eigenvalue weighted by Gasteiger charge is -2.24. The maximum atomic E-state index is 12.8. The van der Waals surface area contributed by atoms with E-state index in [0.29, 0.717) is 45.2 Å². The predicted molar refractivity (Wildman–Crippen MR) is 129 cm³/mol. The molecule has 4 unspecified atom stereocenters. The van der Waals surface area contributed by atoms with Gasteiger partial charge < -0.3 is 44.0 Å². The van der Waals surface area contributed by atoms with Gasteiger partial charge in [0.2, 0.25) is 17.7 Å². The number of hydrogen-bond acceptors (Lipinski definition) is 7. The highest BCUT2D eigenvalue weighted by Gasteiger charge is 2.28. The van der Waals surface area contributed by atoms with E-state index in [0.717, 1.165) is 0 Å². The van der Waals surface area contributed by atoms with Gasteiger partial charge in [0.1, 0.15) is 18.1 Å². The summed E-state index contributed by atoms with van der Waals surface area (Å²) in [5.74, 6) is -2.87. The van der Waals surface area contributed by atoms with Gasteiger partial charge >= 0.3 is 5.97 Å². The molecule has 34 heavy (non-hydrogen) atoms. The van der Waals surface area contributed by atoms with Crippen LogP contribution in [0.15, 0.2) is 4.99 Å². The first-order valence-corrected chi connectivity index (χ1v) is 11.5. The average Bonchev–Trinajstić information content (AvgIpc) is 2.74. The second-order valence-electron chi connectivity index (χ2n) is 8.66. The molecule has 13 heteroatoms. The van der Waals surface area contributed by atoms with Crippen LogP contribution in [0.1, 0.15) is 59.3 Å². The van der Waals surface area contributed by atoms with Crippen LogP contribution in [-0.2, 0) is 19.2 Å². The first kappa shape index (κ1) is 31.1. The van der Waals surface area contributed by atoms with Crippen molar-refractivity contribution in [1.82, 2.24) is 16.0 Å². The van der Waals surface area contributed by atoms with Crippen LogP contribution in [0.25, 0.3) is 0 Å². The summed E-state index contributed by atoms with van der Waals surface area (Å²) >= 11 is 0. The van der Waals surface area contributed by atoms with Crippen molar-refractivity contribution in [1.29, 1.82) is 0 Å². The molecule has 0 bridgehead atoms. The Balaban J connectivity index is 5.03. The van der Waals surface area contributed by atoms with Crippen LogP contribution in [0.3, 0.4) is 0 Å². The number of hydrogen-bond donors (Lipinski definition) is 8. The van der Waals surface area contributed by atoms with E-state index in [1.807, 2.05) is 13.8 Å². The molecule has 196 valence electrons. The molecule has 12 N–H and O–H groups in total. The normalized spacial score (nSPS) is 14.4. The van der Waals surface area contributed by atoms with Gasteiger partial charge in [-0.1, -0.05) is 13.8 Å². The molecule has 0 heterocycles. The number of carbonyl (C=O) groups is 4. The van der Waals surface area contributed by atoms with Crippen molar-refractivity contribution in [2.45, 2.75) is 83.5 Å². The zero-order chi connectivity index (χ0) is 26.3.